The normalized spacial score (nSPS) is 19.9. The minimum atomic E-state index is -0.245. The van der Waals surface area contributed by atoms with Crippen LogP contribution in [0.3, 0.4) is 0 Å². The molecule has 0 spiro atoms. The highest BCUT2D eigenvalue weighted by Crippen LogP contribution is 2.38. The smallest absolute Gasteiger partial charge is 0.124 e. The van der Waals surface area contributed by atoms with E-state index in [2.05, 4.69) is 29.6 Å². The van der Waals surface area contributed by atoms with Crippen molar-refractivity contribution in [3.8, 4) is 5.75 Å². The molecule has 3 rings (SSSR count). The molecule has 1 unspecified atom stereocenters. The number of hydrogen-bond donors (Lipinski definition) is 1. The predicted octanol–water partition coefficient (Wildman–Crippen LogP) is 4.28. The summed E-state index contributed by atoms with van der Waals surface area (Å²) in [4.78, 5) is 0. The van der Waals surface area contributed by atoms with Crippen molar-refractivity contribution in [2.45, 2.75) is 37.9 Å². The van der Waals surface area contributed by atoms with Crippen molar-refractivity contribution in [2.24, 2.45) is 0 Å². The molecular weight excluding hydrogens is 317 g/mol. The molecule has 0 aliphatic carbocycles. The van der Waals surface area contributed by atoms with Crippen molar-refractivity contribution in [2.75, 3.05) is 20.2 Å². The average molecular weight is 343 g/mol. The van der Waals surface area contributed by atoms with Crippen molar-refractivity contribution in [3.05, 3.63) is 65.5 Å². The summed E-state index contributed by atoms with van der Waals surface area (Å²) < 4.78 is 25.0. The van der Waals surface area contributed by atoms with Crippen LogP contribution in [0.5, 0.6) is 5.75 Å². The summed E-state index contributed by atoms with van der Waals surface area (Å²) in [6, 6.07) is 15.1. The lowest BCUT2D eigenvalue weighted by Gasteiger charge is -2.17. The number of halogens is 1. The van der Waals surface area contributed by atoms with Crippen molar-refractivity contribution < 1.29 is 13.9 Å². The van der Waals surface area contributed by atoms with Crippen LogP contribution in [0.2, 0.25) is 0 Å². The van der Waals surface area contributed by atoms with Gasteiger partial charge in [-0.05, 0) is 62.5 Å². The lowest BCUT2D eigenvalue weighted by Crippen LogP contribution is -2.22. The molecule has 0 saturated carbocycles. The highest BCUT2D eigenvalue weighted by molar-refractivity contribution is 5.36. The Morgan fingerprint density at radius 1 is 1.12 bits per heavy atom. The second kappa shape index (κ2) is 8.97. The number of rotatable bonds is 8. The molecule has 1 fully saturated rings. The third kappa shape index (κ3) is 5.03. The number of benzene rings is 2. The van der Waals surface area contributed by atoms with Crippen molar-refractivity contribution in [1.29, 1.82) is 0 Å². The van der Waals surface area contributed by atoms with E-state index in [9.17, 15) is 4.39 Å². The molecule has 25 heavy (non-hydrogen) atoms. The third-order valence-electron chi connectivity index (χ3n) is 4.72. The summed E-state index contributed by atoms with van der Waals surface area (Å²) in [5.41, 5.74) is 2.17. The summed E-state index contributed by atoms with van der Waals surface area (Å²) in [6.45, 7) is 1.91. The van der Waals surface area contributed by atoms with Crippen LogP contribution >= 0.6 is 0 Å². The Hall–Kier alpha value is -1.91. The molecular formula is C21H26FNO2. The zero-order chi connectivity index (χ0) is 17.5. The molecule has 0 amide bonds. The molecule has 3 nitrogen and oxygen atoms in total. The molecule has 1 heterocycles. The molecule has 134 valence electrons. The Kier molecular flexibility index (Phi) is 6.42. The van der Waals surface area contributed by atoms with E-state index in [1.54, 1.807) is 13.2 Å². The molecule has 0 bridgehead atoms. The second-order valence-corrected chi connectivity index (χ2v) is 6.48. The molecule has 1 aliphatic heterocycles. The summed E-state index contributed by atoms with van der Waals surface area (Å²) in [5.74, 6) is 0.457. The summed E-state index contributed by atoms with van der Waals surface area (Å²) in [5, 5.41) is 3.48. The standard InChI is InChI=1S/C21H26FNO2/c1-24-20-9-7-17(22)15-19(20)21-10-8-18(25-21)12-14-23-13-11-16-5-3-2-4-6-16/h2-7,9,15,18,21,23H,8,10-14H2,1H3/t18-,21?/m1/s1. The van der Waals surface area contributed by atoms with Crippen LogP contribution in [0.1, 0.15) is 36.5 Å². The highest BCUT2D eigenvalue weighted by atomic mass is 19.1. The van der Waals surface area contributed by atoms with Crippen molar-refractivity contribution in [3.63, 3.8) is 0 Å². The van der Waals surface area contributed by atoms with Gasteiger partial charge in [-0.15, -0.1) is 0 Å². The van der Waals surface area contributed by atoms with Crippen LogP contribution < -0.4 is 10.1 Å². The SMILES string of the molecule is COc1ccc(F)cc1C1CC[C@H](CCNCCc2ccccc2)O1. The van der Waals surface area contributed by atoms with E-state index in [1.165, 1.54) is 17.7 Å². The van der Waals surface area contributed by atoms with Crippen molar-refractivity contribution in [1.82, 2.24) is 5.32 Å². The Balaban J connectivity index is 1.40. The summed E-state index contributed by atoms with van der Waals surface area (Å²) in [7, 11) is 1.61. The first kappa shape index (κ1) is 17.9. The molecule has 2 atom stereocenters. The van der Waals surface area contributed by atoms with Gasteiger partial charge in [-0.1, -0.05) is 30.3 Å². The second-order valence-electron chi connectivity index (χ2n) is 6.48. The Bertz CT molecular complexity index is 662. The molecule has 4 heteroatoms. The molecule has 1 saturated heterocycles. The maximum absolute atomic E-state index is 13.5. The molecule has 1 N–H and O–H groups in total. The fraction of sp³-hybridized carbons (Fsp3) is 0.429. The highest BCUT2D eigenvalue weighted by Gasteiger charge is 2.28. The fourth-order valence-corrected chi connectivity index (χ4v) is 3.37. The Labute approximate surface area is 149 Å². The van der Waals surface area contributed by atoms with Crippen LogP contribution in [0, 0.1) is 5.82 Å². The van der Waals surface area contributed by atoms with Gasteiger partial charge < -0.3 is 14.8 Å². The van der Waals surface area contributed by atoms with Gasteiger partial charge in [0.2, 0.25) is 0 Å². The van der Waals surface area contributed by atoms with Gasteiger partial charge >= 0.3 is 0 Å². The van der Waals surface area contributed by atoms with E-state index in [4.69, 9.17) is 9.47 Å². The number of ether oxygens (including phenoxy) is 2. The monoisotopic (exact) mass is 343 g/mol. The predicted molar refractivity (Wildman–Crippen MR) is 97.4 cm³/mol. The third-order valence-corrected chi connectivity index (χ3v) is 4.72. The van der Waals surface area contributed by atoms with Crippen LogP contribution in [0.25, 0.3) is 0 Å². The zero-order valence-corrected chi connectivity index (χ0v) is 14.7. The summed E-state index contributed by atoms with van der Waals surface area (Å²) in [6.07, 6.45) is 4.08. The maximum atomic E-state index is 13.5. The minimum absolute atomic E-state index is 0.0695. The van der Waals surface area contributed by atoms with Gasteiger partial charge in [0.15, 0.2) is 0 Å². The zero-order valence-electron chi connectivity index (χ0n) is 14.7. The van der Waals surface area contributed by atoms with Crippen LogP contribution in [-0.2, 0) is 11.2 Å². The number of methoxy groups -OCH3 is 1. The maximum Gasteiger partial charge on any atom is 0.124 e. The van der Waals surface area contributed by atoms with Crippen molar-refractivity contribution >= 4 is 0 Å². The molecule has 1 aliphatic rings. The Morgan fingerprint density at radius 3 is 2.76 bits per heavy atom. The Morgan fingerprint density at radius 2 is 1.96 bits per heavy atom. The van der Waals surface area contributed by atoms with Gasteiger partial charge in [0.1, 0.15) is 11.6 Å². The minimum Gasteiger partial charge on any atom is -0.496 e. The average Bonchev–Trinajstić information content (AvgIpc) is 3.11. The first-order valence-corrected chi connectivity index (χ1v) is 9.00. The fourth-order valence-electron chi connectivity index (χ4n) is 3.37. The first-order valence-electron chi connectivity index (χ1n) is 9.00. The first-order chi connectivity index (χ1) is 12.3. The van der Waals surface area contributed by atoms with Gasteiger partial charge in [0.25, 0.3) is 0 Å². The van der Waals surface area contributed by atoms with Gasteiger partial charge in [-0.3, -0.25) is 0 Å². The van der Waals surface area contributed by atoms with Crippen LogP contribution in [0.4, 0.5) is 4.39 Å². The van der Waals surface area contributed by atoms with E-state index in [0.717, 1.165) is 44.3 Å². The molecule has 0 aromatic heterocycles. The lowest BCUT2D eigenvalue weighted by atomic mass is 10.0. The van der Waals surface area contributed by atoms with E-state index >= 15 is 0 Å². The molecule has 2 aromatic rings. The number of hydrogen-bond acceptors (Lipinski definition) is 3. The van der Waals surface area contributed by atoms with Gasteiger partial charge in [0.05, 0.1) is 19.3 Å². The molecule has 2 aromatic carbocycles. The van der Waals surface area contributed by atoms with Gasteiger partial charge in [-0.25, -0.2) is 4.39 Å². The quantitative estimate of drug-likeness (QED) is 0.726. The van der Waals surface area contributed by atoms with E-state index < -0.39 is 0 Å². The van der Waals surface area contributed by atoms with E-state index in [-0.39, 0.29) is 18.0 Å². The van der Waals surface area contributed by atoms with Crippen LogP contribution in [-0.4, -0.2) is 26.3 Å². The lowest BCUT2D eigenvalue weighted by molar-refractivity contribution is 0.0388. The topological polar surface area (TPSA) is 30.5 Å². The van der Waals surface area contributed by atoms with Gasteiger partial charge in [0, 0.05) is 5.56 Å². The van der Waals surface area contributed by atoms with Crippen LogP contribution in [0.15, 0.2) is 48.5 Å². The van der Waals surface area contributed by atoms with Gasteiger partial charge in [-0.2, -0.15) is 0 Å². The summed E-state index contributed by atoms with van der Waals surface area (Å²) >= 11 is 0. The van der Waals surface area contributed by atoms with E-state index in [0.29, 0.717) is 5.75 Å². The largest absolute Gasteiger partial charge is 0.496 e. The molecule has 0 radical (unpaired) electrons. The van der Waals surface area contributed by atoms with E-state index in [1.807, 2.05) is 6.07 Å². The number of nitrogens with one attached hydrogen (secondary N) is 1.